The average Bonchev–Trinajstić information content (AvgIpc) is 2.44. The number of hydrogen-bond acceptors (Lipinski definition) is 2. The normalized spacial score (nSPS) is 11.1. The minimum Gasteiger partial charge on any atom is -0.457 e. The highest BCUT2D eigenvalue weighted by atomic mass is 19.2. The fraction of sp³-hybridized carbons (Fsp3) is 0.0625. The van der Waals surface area contributed by atoms with E-state index in [1.54, 1.807) is 0 Å². The highest BCUT2D eigenvalue weighted by molar-refractivity contribution is 5.87. The average molecular weight is 346 g/mol. The summed E-state index contributed by atoms with van der Waals surface area (Å²) in [6, 6.07) is 1.64. The second-order valence-electron chi connectivity index (χ2n) is 4.57. The molecule has 0 spiro atoms. The smallest absolute Gasteiger partial charge is 0.331 e. The van der Waals surface area contributed by atoms with Crippen LogP contribution in [0.4, 0.5) is 26.3 Å². The number of ether oxygens (including phenoxy) is 1. The van der Waals surface area contributed by atoms with Crippen LogP contribution >= 0.6 is 0 Å². The van der Waals surface area contributed by atoms with Crippen molar-refractivity contribution in [3.05, 3.63) is 76.4 Å². The predicted octanol–water partition coefficient (Wildman–Crippen LogP) is 4.28. The van der Waals surface area contributed by atoms with E-state index in [4.69, 9.17) is 0 Å². The van der Waals surface area contributed by atoms with E-state index >= 15 is 0 Å². The zero-order valence-electron chi connectivity index (χ0n) is 11.8. The zero-order valence-corrected chi connectivity index (χ0v) is 11.8. The van der Waals surface area contributed by atoms with E-state index in [-0.39, 0.29) is 0 Å². The first-order valence-electron chi connectivity index (χ1n) is 6.40. The van der Waals surface area contributed by atoms with Gasteiger partial charge < -0.3 is 4.74 Å². The molecule has 0 amide bonds. The molecule has 2 rings (SSSR count). The lowest BCUT2D eigenvalue weighted by Gasteiger charge is -2.05. The Labute approximate surface area is 132 Å². The quantitative estimate of drug-likeness (QED) is 0.469. The Bertz CT molecular complexity index is 770. The molecule has 2 aromatic carbocycles. The number of carbonyl (C=O) groups excluding carboxylic acids is 1. The van der Waals surface area contributed by atoms with E-state index in [0.29, 0.717) is 36.4 Å². The molecule has 0 aliphatic heterocycles. The van der Waals surface area contributed by atoms with Crippen molar-refractivity contribution in [2.75, 3.05) is 0 Å². The number of rotatable bonds is 4. The fourth-order valence-electron chi connectivity index (χ4n) is 1.77. The largest absolute Gasteiger partial charge is 0.457 e. The maximum atomic E-state index is 13.3. The summed E-state index contributed by atoms with van der Waals surface area (Å²) in [4.78, 5) is 11.4. The van der Waals surface area contributed by atoms with Crippen LogP contribution in [-0.4, -0.2) is 5.97 Å². The van der Waals surface area contributed by atoms with E-state index in [1.165, 1.54) is 0 Å². The highest BCUT2D eigenvalue weighted by Crippen LogP contribution is 2.17. The van der Waals surface area contributed by atoms with Crippen LogP contribution in [-0.2, 0) is 16.1 Å². The molecule has 0 bridgehead atoms. The van der Waals surface area contributed by atoms with Gasteiger partial charge in [-0.05, 0) is 6.08 Å². The first-order valence-corrected chi connectivity index (χ1v) is 6.40. The maximum Gasteiger partial charge on any atom is 0.331 e. The lowest BCUT2D eigenvalue weighted by Crippen LogP contribution is -2.05. The molecule has 24 heavy (non-hydrogen) atoms. The third-order valence-electron chi connectivity index (χ3n) is 2.89. The van der Waals surface area contributed by atoms with Gasteiger partial charge in [0.25, 0.3) is 0 Å². The molecule has 0 saturated heterocycles. The molecule has 0 N–H and O–H groups in total. The molecule has 8 heteroatoms. The van der Waals surface area contributed by atoms with Gasteiger partial charge in [-0.15, -0.1) is 0 Å². The van der Waals surface area contributed by atoms with E-state index in [9.17, 15) is 31.1 Å². The minimum atomic E-state index is -1.25. The molecule has 0 aromatic heterocycles. The molecule has 0 atom stereocenters. The summed E-state index contributed by atoms with van der Waals surface area (Å²) in [6.07, 6.45) is 1.28. The van der Waals surface area contributed by atoms with E-state index < -0.39 is 58.6 Å². The van der Waals surface area contributed by atoms with Crippen molar-refractivity contribution < 1.29 is 35.9 Å². The lowest BCUT2D eigenvalue weighted by molar-refractivity contribution is -0.139. The summed E-state index contributed by atoms with van der Waals surface area (Å²) in [5.74, 6) is -8.42. The fourth-order valence-corrected chi connectivity index (χ4v) is 1.77. The Balaban J connectivity index is 2.07. The topological polar surface area (TPSA) is 26.3 Å². The van der Waals surface area contributed by atoms with Crippen LogP contribution in [0.3, 0.4) is 0 Å². The van der Waals surface area contributed by atoms with Gasteiger partial charge in [-0.2, -0.15) is 0 Å². The van der Waals surface area contributed by atoms with E-state index in [0.717, 1.165) is 0 Å². The second-order valence-corrected chi connectivity index (χ2v) is 4.57. The summed E-state index contributed by atoms with van der Waals surface area (Å²) < 4.78 is 83.3. The third-order valence-corrected chi connectivity index (χ3v) is 2.89. The number of hydrogen-bond donors (Lipinski definition) is 0. The monoisotopic (exact) mass is 346 g/mol. The van der Waals surface area contributed by atoms with Crippen LogP contribution in [0.1, 0.15) is 11.1 Å². The van der Waals surface area contributed by atoms with Crippen molar-refractivity contribution in [2.45, 2.75) is 6.61 Å². The Hall–Kier alpha value is -2.77. The third kappa shape index (κ3) is 4.15. The molecule has 2 aromatic rings. The molecule has 0 heterocycles. The standard InChI is InChI=1S/C16H8F6O2/c17-8-3-12(19)10(13(20)4-8)1-2-16(23)24-7-11-14(21)5-9(18)6-15(11)22/h1-6H,7H2/b2-1+. The zero-order chi connectivity index (χ0) is 17.9. The van der Waals surface area contributed by atoms with Gasteiger partial charge in [0.1, 0.15) is 41.5 Å². The SMILES string of the molecule is O=C(/C=C/c1c(F)cc(F)cc1F)OCc1c(F)cc(F)cc1F. The first kappa shape index (κ1) is 17.6. The van der Waals surface area contributed by atoms with Gasteiger partial charge in [0.15, 0.2) is 0 Å². The lowest BCUT2D eigenvalue weighted by atomic mass is 10.2. The molecule has 0 aliphatic carbocycles. The summed E-state index contributed by atoms with van der Waals surface area (Å²) in [6.45, 7) is -0.852. The van der Waals surface area contributed by atoms with Gasteiger partial charge >= 0.3 is 5.97 Å². The Morgan fingerprint density at radius 1 is 0.833 bits per heavy atom. The number of esters is 1. The minimum absolute atomic E-state index is 0.408. The van der Waals surface area contributed by atoms with Gasteiger partial charge in [-0.3, -0.25) is 0 Å². The predicted molar refractivity (Wildman–Crippen MR) is 71.5 cm³/mol. The molecule has 0 radical (unpaired) electrons. The van der Waals surface area contributed by atoms with Crippen molar-refractivity contribution in [1.82, 2.24) is 0 Å². The van der Waals surface area contributed by atoms with Crippen molar-refractivity contribution in [3.8, 4) is 0 Å². The van der Waals surface area contributed by atoms with Crippen molar-refractivity contribution in [2.24, 2.45) is 0 Å². The van der Waals surface area contributed by atoms with Crippen LogP contribution in [0.2, 0.25) is 0 Å². The van der Waals surface area contributed by atoms with Crippen LogP contribution < -0.4 is 0 Å². The van der Waals surface area contributed by atoms with Gasteiger partial charge in [0, 0.05) is 35.9 Å². The van der Waals surface area contributed by atoms with Crippen molar-refractivity contribution >= 4 is 12.0 Å². The Morgan fingerprint density at radius 2 is 1.29 bits per heavy atom. The summed E-state index contributed by atoms with van der Waals surface area (Å²) >= 11 is 0. The van der Waals surface area contributed by atoms with Crippen molar-refractivity contribution in [1.29, 1.82) is 0 Å². The molecule has 0 saturated carbocycles. The number of carbonyl (C=O) groups is 1. The maximum absolute atomic E-state index is 13.3. The summed E-state index contributed by atoms with van der Waals surface area (Å²) in [7, 11) is 0. The number of benzene rings is 2. The van der Waals surface area contributed by atoms with Crippen LogP contribution in [0.5, 0.6) is 0 Å². The Kier molecular flexibility index (Phi) is 5.28. The van der Waals surface area contributed by atoms with Gasteiger partial charge in [0.2, 0.25) is 0 Å². The van der Waals surface area contributed by atoms with Crippen LogP contribution in [0.25, 0.3) is 6.08 Å². The molecular formula is C16H8F6O2. The van der Waals surface area contributed by atoms with Gasteiger partial charge in [-0.1, -0.05) is 0 Å². The molecular weight excluding hydrogens is 338 g/mol. The van der Waals surface area contributed by atoms with Gasteiger partial charge in [-0.25, -0.2) is 31.1 Å². The molecule has 0 unspecified atom stereocenters. The van der Waals surface area contributed by atoms with Crippen LogP contribution in [0.15, 0.2) is 30.3 Å². The summed E-state index contributed by atoms with van der Waals surface area (Å²) in [5.41, 5.74) is -1.37. The number of halogens is 6. The van der Waals surface area contributed by atoms with Crippen molar-refractivity contribution in [3.63, 3.8) is 0 Å². The second kappa shape index (κ2) is 7.20. The molecule has 126 valence electrons. The van der Waals surface area contributed by atoms with Gasteiger partial charge in [0.05, 0.1) is 5.56 Å². The summed E-state index contributed by atoms with van der Waals surface area (Å²) in [5, 5.41) is 0. The first-order chi connectivity index (χ1) is 11.3. The molecule has 0 aliphatic rings. The highest BCUT2D eigenvalue weighted by Gasteiger charge is 2.13. The molecule has 0 fully saturated rings. The van der Waals surface area contributed by atoms with E-state index in [2.05, 4.69) is 4.74 Å². The van der Waals surface area contributed by atoms with E-state index in [1.807, 2.05) is 0 Å². The Morgan fingerprint density at radius 3 is 1.79 bits per heavy atom. The molecule has 2 nitrogen and oxygen atoms in total. The van der Waals surface area contributed by atoms with Crippen LogP contribution in [0, 0.1) is 34.9 Å².